The van der Waals surface area contributed by atoms with E-state index in [0.717, 1.165) is 16.5 Å². The first kappa shape index (κ1) is 20.2. The summed E-state index contributed by atoms with van der Waals surface area (Å²) in [5.74, 6) is -0.0703. The second-order valence-electron chi connectivity index (χ2n) is 6.88. The third-order valence-electron chi connectivity index (χ3n) is 4.39. The topological polar surface area (TPSA) is 68.5 Å². The van der Waals surface area contributed by atoms with E-state index in [2.05, 4.69) is 37.6 Å². The van der Waals surface area contributed by atoms with Crippen LogP contribution in [-0.2, 0) is 16.4 Å². The van der Waals surface area contributed by atoms with Gasteiger partial charge < -0.3 is 4.57 Å². The average Bonchev–Trinajstić information content (AvgIpc) is 2.98. The first-order valence-electron chi connectivity index (χ1n) is 8.84. The van der Waals surface area contributed by atoms with Crippen LogP contribution in [-0.4, -0.2) is 25.1 Å². The van der Waals surface area contributed by atoms with Crippen LogP contribution in [0, 0.1) is 0 Å². The molecule has 0 saturated heterocycles. The molecule has 0 fully saturated rings. The first-order valence-corrected chi connectivity index (χ1v) is 11.5. The van der Waals surface area contributed by atoms with Crippen molar-refractivity contribution < 1.29 is 13.2 Å². The van der Waals surface area contributed by atoms with Gasteiger partial charge in [-0.15, -0.1) is 6.58 Å². The molecule has 1 heterocycles. The highest BCUT2D eigenvalue weighted by molar-refractivity contribution is 7.90. The third-order valence-corrected chi connectivity index (χ3v) is 6.54. The molecule has 1 amide bonds. The van der Waals surface area contributed by atoms with Crippen LogP contribution in [0.4, 0.5) is 0 Å². The van der Waals surface area contributed by atoms with Gasteiger partial charge in [-0.25, -0.2) is 8.42 Å². The summed E-state index contributed by atoms with van der Waals surface area (Å²) in [5, 5.41) is 0. The van der Waals surface area contributed by atoms with Gasteiger partial charge in [0.2, 0.25) is 0 Å². The summed E-state index contributed by atoms with van der Waals surface area (Å²) in [5.41, 5.74) is 2.46. The zero-order valence-corrected chi connectivity index (χ0v) is 17.7. The molecule has 0 unspecified atom stereocenters. The van der Waals surface area contributed by atoms with Crippen LogP contribution in [0.3, 0.4) is 0 Å². The number of benzene rings is 2. The standard InChI is InChI=1S/C21H22N2O3S2/c1-5-11-23-18-10-9-15(14(2)3)13-19(18)27-21(23)22-20(24)16-7-6-8-17(12-16)28(4,25)26/h5-10,12-14H,1,11H2,2-4H3. The fourth-order valence-electron chi connectivity index (χ4n) is 2.85. The van der Waals surface area contributed by atoms with E-state index >= 15 is 0 Å². The zero-order chi connectivity index (χ0) is 20.5. The number of aromatic nitrogens is 1. The van der Waals surface area contributed by atoms with Gasteiger partial charge in [-0.3, -0.25) is 4.79 Å². The minimum atomic E-state index is -3.39. The molecule has 0 atom stereocenters. The summed E-state index contributed by atoms with van der Waals surface area (Å²) in [4.78, 5) is 17.7. The number of carbonyl (C=O) groups excluding carboxylic acids is 1. The summed E-state index contributed by atoms with van der Waals surface area (Å²) in [6.07, 6.45) is 2.88. The van der Waals surface area contributed by atoms with Gasteiger partial charge in [0.15, 0.2) is 14.6 Å². The van der Waals surface area contributed by atoms with Gasteiger partial charge in [-0.1, -0.05) is 43.4 Å². The lowest BCUT2D eigenvalue weighted by molar-refractivity contribution is 0.0997. The maximum absolute atomic E-state index is 12.7. The molecule has 0 N–H and O–H groups in total. The SMILES string of the molecule is C=CCn1c(=NC(=O)c2cccc(S(C)(=O)=O)c2)sc2cc(C(C)C)ccc21. The molecule has 7 heteroatoms. The summed E-state index contributed by atoms with van der Waals surface area (Å²) >= 11 is 1.44. The fourth-order valence-corrected chi connectivity index (χ4v) is 4.60. The molecular weight excluding hydrogens is 392 g/mol. The molecule has 3 aromatic rings. The van der Waals surface area contributed by atoms with Gasteiger partial charge in [0.25, 0.3) is 5.91 Å². The Kier molecular flexibility index (Phi) is 5.67. The lowest BCUT2D eigenvalue weighted by atomic mass is 10.0. The highest BCUT2D eigenvalue weighted by atomic mass is 32.2. The highest BCUT2D eigenvalue weighted by Crippen LogP contribution is 2.23. The lowest BCUT2D eigenvalue weighted by Crippen LogP contribution is -2.16. The van der Waals surface area contributed by atoms with Gasteiger partial charge in [0, 0.05) is 18.4 Å². The number of sulfone groups is 1. The normalized spacial score (nSPS) is 12.6. The van der Waals surface area contributed by atoms with E-state index in [-0.39, 0.29) is 10.5 Å². The van der Waals surface area contributed by atoms with Crippen molar-refractivity contribution in [2.75, 3.05) is 6.26 Å². The van der Waals surface area contributed by atoms with Crippen molar-refractivity contribution in [1.29, 1.82) is 0 Å². The number of thiazole rings is 1. The second kappa shape index (κ2) is 7.85. The van der Waals surface area contributed by atoms with Gasteiger partial charge >= 0.3 is 0 Å². The van der Waals surface area contributed by atoms with E-state index in [4.69, 9.17) is 0 Å². The average molecular weight is 415 g/mol. The molecule has 0 aliphatic carbocycles. The Morgan fingerprint density at radius 1 is 1.25 bits per heavy atom. The molecule has 2 aromatic carbocycles. The van der Waals surface area contributed by atoms with E-state index in [1.807, 2.05) is 10.6 Å². The molecule has 0 radical (unpaired) electrons. The number of amides is 1. The number of allylic oxidation sites excluding steroid dienone is 1. The van der Waals surface area contributed by atoms with Crippen molar-refractivity contribution in [3.63, 3.8) is 0 Å². The maximum Gasteiger partial charge on any atom is 0.279 e. The van der Waals surface area contributed by atoms with Crippen LogP contribution in [0.2, 0.25) is 0 Å². The molecule has 0 saturated carbocycles. The number of fused-ring (bicyclic) bond motifs is 1. The van der Waals surface area contributed by atoms with Crippen LogP contribution in [0.25, 0.3) is 10.2 Å². The van der Waals surface area contributed by atoms with Crippen LogP contribution in [0.5, 0.6) is 0 Å². The molecule has 3 rings (SSSR count). The predicted molar refractivity (Wildman–Crippen MR) is 114 cm³/mol. The molecule has 5 nitrogen and oxygen atoms in total. The Labute approximate surface area is 168 Å². The van der Waals surface area contributed by atoms with Crippen molar-refractivity contribution in [2.45, 2.75) is 31.2 Å². The van der Waals surface area contributed by atoms with Crippen molar-refractivity contribution in [2.24, 2.45) is 4.99 Å². The monoisotopic (exact) mass is 414 g/mol. The Morgan fingerprint density at radius 2 is 2.00 bits per heavy atom. The van der Waals surface area contributed by atoms with Crippen molar-refractivity contribution in [3.8, 4) is 0 Å². The first-order chi connectivity index (χ1) is 13.2. The minimum Gasteiger partial charge on any atom is -0.312 e. The van der Waals surface area contributed by atoms with Crippen molar-refractivity contribution in [3.05, 3.63) is 71.0 Å². The van der Waals surface area contributed by atoms with E-state index in [1.54, 1.807) is 18.2 Å². The molecule has 28 heavy (non-hydrogen) atoms. The number of hydrogen-bond donors (Lipinski definition) is 0. The van der Waals surface area contributed by atoms with Crippen LogP contribution in [0.15, 0.2) is 65.0 Å². The van der Waals surface area contributed by atoms with Crippen molar-refractivity contribution >= 4 is 37.3 Å². The minimum absolute atomic E-state index is 0.102. The Hall–Kier alpha value is -2.51. The maximum atomic E-state index is 12.7. The smallest absolute Gasteiger partial charge is 0.279 e. The Balaban J connectivity index is 2.14. The van der Waals surface area contributed by atoms with E-state index < -0.39 is 15.7 Å². The number of rotatable bonds is 5. The number of nitrogens with zero attached hydrogens (tertiary/aromatic N) is 2. The largest absolute Gasteiger partial charge is 0.312 e. The number of hydrogen-bond acceptors (Lipinski definition) is 4. The molecule has 146 valence electrons. The van der Waals surface area contributed by atoms with Crippen LogP contribution in [0.1, 0.15) is 35.7 Å². The summed E-state index contributed by atoms with van der Waals surface area (Å²) in [7, 11) is -3.39. The molecule has 1 aromatic heterocycles. The van der Waals surface area contributed by atoms with Crippen molar-refractivity contribution in [1.82, 2.24) is 4.57 Å². The highest BCUT2D eigenvalue weighted by Gasteiger charge is 2.13. The Bertz CT molecular complexity index is 1230. The van der Waals surface area contributed by atoms with E-state index in [0.29, 0.717) is 17.3 Å². The third kappa shape index (κ3) is 4.15. The summed E-state index contributed by atoms with van der Waals surface area (Å²) in [6.45, 7) is 8.59. The molecular formula is C21H22N2O3S2. The summed E-state index contributed by atoms with van der Waals surface area (Å²) in [6, 6.07) is 12.2. The second-order valence-corrected chi connectivity index (χ2v) is 9.91. The fraction of sp³-hybridized carbons (Fsp3) is 0.238. The molecule has 0 spiro atoms. The summed E-state index contributed by atoms with van der Waals surface area (Å²) < 4.78 is 26.5. The molecule has 0 aliphatic heterocycles. The van der Waals surface area contributed by atoms with Gasteiger partial charge in [-0.05, 0) is 41.8 Å². The van der Waals surface area contributed by atoms with Gasteiger partial charge in [-0.2, -0.15) is 4.99 Å². The van der Waals surface area contributed by atoms with Gasteiger partial charge in [0.1, 0.15) is 0 Å². The van der Waals surface area contributed by atoms with E-state index in [9.17, 15) is 13.2 Å². The number of carbonyl (C=O) groups is 1. The molecule has 0 aliphatic rings. The molecule has 0 bridgehead atoms. The van der Waals surface area contributed by atoms with Crippen LogP contribution >= 0.6 is 11.3 Å². The Morgan fingerprint density at radius 3 is 2.64 bits per heavy atom. The van der Waals surface area contributed by atoms with Crippen LogP contribution < -0.4 is 4.80 Å². The van der Waals surface area contributed by atoms with E-state index in [1.165, 1.54) is 29.0 Å². The zero-order valence-electron chi connectivity index (χ0n) is 16.0. The lowest BCUT2D eigenvalue weighted by Gasteiger charge is -2.06. The predicted octanol–water partition coefficient (Wildman–Crippen LogP) is 4.16. The quantitative estimate of drug-likeness (QED) is 0.589. The van der Waals surface area contributed by atoms with Gasteiger partial charge in [0.05, 0.1) is 15.1 Å².